The van der Waals surface area contributed by atoms with E-state index < -0.39 is 0 Å². The van der Waals surface area contributed by atoms with Gasteiger partial charge >= 0.3 is 0 Å². The normalized spacial score (nSPS) is 18.7. The molecule has 0 radical (unpaired) electrons. The largest absolute Gasteiger partial charge is 0.321 e. The van der Waals surface area contributed by atoms with E-state index in [0.717, 1.165) is 18.4 Å². The van der Waals surface area contributed by atoms with Crippen LogP contribution in [0.1, 0.15) is 18.4 Å². The second-order valence-electron chi connectivity index (χ2n) is 4.20. The third-order valence-corrected chi connectivity index (χ3v) is 3.11. The molecule has 1 aliphatic carbocycles. The lowest BCUT2D eigenvalue weighted by Gasteiger charge is -2.08. The highest BCUT2D eigenvalue weighted by Gasteiger charge is 2.39. The lowest BCUT2D eigenvalue weighted by molar-refractivity contribution is 0.741. The molecule has 3 heteroatoms. The summed E-state index contributed by atoms with van der Waals surface area (Å²) in [6.07, 6.45) is 4.11. The Morgan fingerprint density at radius 1 is 1.43 bits per heavy atom. The Hall–Kier alpha value is -1.35. The van der Waals surface area contributed by atoms with Crippen LogP contribution < -0.4 is 5.73 Å². The highest BCUT2D eigenvalue weighted by molar-refractivity contribution is 5.79. The van der Waals surface area contributed by atoms with E-state index >= 15 is 0 Å². The smallest absolute Gasteiger partial charge is 0.0679 e. The van der Waals surface area contributed by atoms with E-state index in [9.17, 15) is 0 Å². The predicted molar refractivity (Wildman–Crippen MR) is 55.8 cm³/mol. The minimum atomic E-state index is -0.0377. The molecule has 2 N–H and O–H groups in total. The van der Waals surface area contributed by atoms with Crippen molar-refractivity contribution in [1.29, 1.82) is 0 Å². The zero-order valence-electron chi connectivity index (χ0n) is 8.20. The van der Waals surface area contributed by atoms with Gasteiger partial charge in [-0.1, -0.05) is 6.07 Å². The quantitative estimate of drug-likeness (QED) is 0.735. The molecule has 1 heterocycles. The Bertz CT molecular complexity index is 494. The third kappa shape index (κ3) is 0.990. The fraction of sp³-hybridized carbons (Fsp3) is 0.364. The number of fused-ring (bicyclic) bond motifs is 1. The summed E-state index contributed by atoms with van der Waals surface area (Å²) >= 11 is 0. The maximum Gasteiger partial charge on any atom is 0.0679 e. The molecule has 0 bridgehead atoms. The Kier molecular flexibility index (Phi) is 1.35. The number of benzene rings is 1. The summed E-state index contributed by atoms with van der Waals surface area (Å²) in [6.45, 7) is 0. The molecule has 3 rings (SSSR count). The van der Waals surface area contributed by atoms with Gasteiger partial charge in [-0.3, -0.25) is 4.68 Å². The van der Waals surface area contributed by atoms with E-state index in [2.05, 4.69) is 23.3 Å². The number of hydrogen-bond acceptors (Lipinski definition) is 2. The van der Waals surface area contributed by atoms with Gasteiger partial charge in [0.25, 0.3) is 0 Å². The Morgan fingerprint density at radius 2 is 2.21 bits per heavy atom. The van der Waals surface area contributed by atoms with Crippen molar-refractivity contribution in [3.63, 3.8) is 0 Å². The zero-order valence-corrected chi connectivity index (χ0v) is 8.20. The Morgan fingerprint density at radius 3 is 2.93 bits per heavy atom. The number of aryl methyl sites for hydroxylation is 1. The summed E-state index contributed by atoms with van der Waals surface area (Å²) in [6, 6.07) is 6.39. The SMILES string of the molecule is Cn1ncc2cc(C3(N)CC3)ccc21. The van der Waals surface area contributed by atoms with Crippen LogP contribution >= 0.6 is 0 Å². The summed E-state index contributed by atoms with van der Waals surface area (Å²) in [5.41, 5.74) is 8.51. The molecule has 0 amide bonds. The standard InChI is InChI=1S/C11H13N3/c1-14-10-3-2-9(11(12)4-5-11)6-8(10)7-13-14/h2-3,6-7H,4-5,12H2,1H3. The van der Waals surface area contributed by atoms with Crippen molar-refractivity contribution in [2.24, 2.45) is 12.8 Å². The van der Waals surface area contributed by atoms with Crippen LogP contribution in [0, 0.1) is 0 Å². The van der Waals surface area contributed by atoms with Gasteiger partial charge < -0.3 is 5.73 Å². The summed E-state index contributed by atoms with van der Waals surface area (Å²) < 4.78 is 1.88. The van der Waals surface area contributed by atoms with Crippen LogP contribution in [0.4, 0.5) is 0 Å². The molecule has 0 unspecified atom stereocenters. The zero-order chi connectivity index (χ0) is 9.76. The molecule has 3 nitrogen and oxygen atoms in total. The van der Waals surface area contributed by atoms with Crippen LogP contribution in [0.25, 0.3) is 10.9 Å². The molecule has 1 fully saturated rings. The third-order valence-electron chi connectivity index (χ3n) is 3.11. The topological polar surface area (TPSA) is 43.8 Å². The molecular formula is C11H13N3. The average molecular weight is 187 g/mol. The van der Waals surface area contributed by atoms with E-state index in [4.69, 9.17) is 5.73 Å². The number of aromatic nitrogens is 2. The van der Waals surface area contributed by atoms with Gasteiger partial charge in [0.1, 0.15) is 0 Å². The van der Waals surface area contributed by atoms with Crippen molar-refractivity contribution >= 4 is 10.9 Å². The summed E-state index contributed by atoms with van der Waals surface area (Å²) in [4.78, 5) is 0. The van der Waals surface area contributed by atoms with Gasteiger partial charge in [-0.2, -0.15) is 5.10 Å². The highest BCUT2D eigenvalue weighted by atomic mass is 15.2. The van der Waals surface area contributed by atoms with Crippen LogP contribution in [-0.4, -0.2) is 9.78 Å². The fourth-order valence-electron chi connectivity index (χ4n) is 1.90. The molecule has 14 heavy (non-hydrogen) atoms. The van der Waals surface area contributed by atoms with Crippen molar-refractivity contribution in [2.45, 2.75) is 18.4 Å². The molecule has 2 aromatic rings. The summed E-state index contributed by atoms with van der Waals surface area (Å²) in [7, 11) is 1.96. The first-order valence-corrected chi connectivity index (χ1v) is 4.90. The number of rotatable bonds is 1. The maximum absolute atomic E-state index is 6.14. The van der Waals surface area contributed by atoms with Crippen LogP contribution in [0.2, 0.25) is 0 Å². The first-order chi connectivity index (χ1) is 6.69. The van der Waals surface area contributed by atoms with Crippen LogP contribution in [-0.2, 0) is 12.6 Å². The summed E-state index contributed by atoms with van der Waals surface area (Å²) in [5.74, 6) is 0. The summed E-state index contributed by atoms with van der Waals surface area (Å²) in [5, 5.41) is 5.40. The second kappa shape index (κ2) is 2.36. The van der Waals surface area contributed by atoms with Crippen LogP contribution in [0.15, 0.2) is 24.4 Å². The van der Waals surface area contributed by atoms with Gasteiger partial charge in [0, 0.05) is 18.0 Å². The van der Waals surface area contributed by atoms with E-state index in [1.54, 1.807) is 0 Å². The highest BCUT2D eigenvalue weighted by Crippen LogP contribution is 2.43. The first-order valence-electron chi connectivity index (χ1n) is 4.90. The molecule has 1 aliphatic rings. The number of nitrogens with two attached hydrogens (primary N) is 1. The molecule has 1 aromatic carbocycles. The van der Waals surface area contributed by atoms with Crippen molar-refractivity contribution in [2.75, 3.05) is 0 Å². The van der Waals surface area contributed by atoms with Gasteiger partial charge in [0.15, 0.2) is 0 Å². The van der Waals surface area contributed by atoms with Gasteiger partial charge in [0.2, 0.25) is 0 Å². The molecule has 0 saturated heterocycles. The van der Waals surface area contributed by atoms with Gasteiger partial charge in [0.05, 0.1) is 11.7 Å². The van der Waals surface area contributed by atoms with Crippen molar-refractivity contribution in [1.82, 2.24) is 9.78 Å². The number of nitrogens with zero attached hydrogens (tertiary/aromatic N) is 2. The molecular weight excluding hydrogens is 174 g/mol. The molecule has 0 spiro atoms. The average Bonchev–Trinajstić information content (AvgIpc) is 2.84. The minimum absolute atomic E-state index is 0.0377. The Balaban J connectivity index is 2.21. The van der Waals surface area contributed by atoms with E-state index in [1.807, 2.05) is 17.9 Å². The predicted octanol–water partition coefficient (Wildman–Crippen LogP) is 1.52. The van der Waals surface area contributed by atoms with E-state index in [1.165, 1.54) is 10.9 Å². The van der Waals surface area contributed by atoms with Crippen molar-refractivity contribution in [3.8, 4) is 0 Å². The van der Waals surface area contributed by atoms with Gasteiger partial charge in [-0.25, -0.2) is 0 Å². The first kappa shape index (κ1) is 8.00. The van der Waals surface area contributed by atoms with Gasteiger partial charge in [-0.15, -0.1) is 0 Å². The molecule has 1 saturated carbocycles. The van der Waals surface area contributed by atoms with Crippen LogP contribution in [0.3, 0.4) is 0 Å². The van der Waals surface area contributed by atoms with Gasteiger partial charge in [-0.05, 0) is 30.5 Å². The van der Waals surface area contributed by atoms with Crippen molar-refractivity contribution < 1.29 is 0 Å². The van der Waals surface area contributed by atoms with E-state index in [0.29, 0.717) is 0 Å². The molecule has 0 aliphatic heterocycles. The monoisotopic (exact) mass is 187 g/mol. The van der Waals surface area contributed by atoms with Crippen LogP contribution in [0.5, 0.6) is 0 Å². The molecule has 1 aromatic heterocycles. The lowest BCUT2D eigenvalue weighted by Crippen LogP contribution is -2.18. The lowest BCUT2D eigenvalue weighted by atomic mass is 10.0. The molecule has 0 atom stereocenters. The Labute approximate surface area is 82.5 Å². The fourth-order valence-corrected chi connectivity index (χ4v) is 1.90. The minimum Gasteiger partial charge on any atom is -0.321 e. The maximum atomic E-state index is 6.14. The van der Waals surface area contributed by atoms with E-state index in [-0.39, 0.29) is 5.54 Å². The second-order valence-corrected chi connectivity index (χ2v) is 4.20. The van der Waals surface area contributed by atoms with Crippen molar-refractivity contribution in [3.05, 3.63) is 30.0 Å². The number of hydrogen-bond donors (Lipinski definition) is 1. The molecule has 72 valence electrons.